The second kappa shape index (κ2) is 10.7. The minimum Gasteiger partial charge on any atom is -0.401 e. The predicted octanol–water partition coefficient (Wildman–Crippen LogP) is 2.50. The van der Waals surface area contributed by atoms with Crippen molar-refractivity contribution in [2.45, 2.75) is 19.9 Å². The maximum absolute atomic E-state index is 13.0. The Hall–Kier alpha value is -3.76. The lowest BCUT2D eigenvalue weighted by Crippen LogP contribution is -2.51. The molecule has 1 aliphatic heterocycles. The summed E-state index contributed by atoms with van der Waals surface area (Å²) in [5, 5.41) is 7.20. The summed E-state index contributed by atoms with van der Waals surface area (Å²) in [6, 6.07) is 7.50. The summed E-state index contributed by atoms with van der Waals surface area (Å²) < 4.78 is 0. The minimum atomic E-state index is -0.205. The van der Waals surface area contributed by atoms with Crippen molar-refractivity contribution in [1.82, 2.24) is 24.8 Å². The first kappa shape index (κ1) is 24.4. The summed E-state index contributed by atoms with van der Waals surface area (Å²) in [6.45, 7) is 7.46. The van der Waals surface area contributed by atoms with Gasteiger partial charge in [-0.3, -0.25) is 14.7 Å². The molecule has 1 aliphatic rings. The van der Waals surface area contributed by atoms with Crippen molar-refractivity contribution < 1.29 is 4.79 Å². The fourth-order valence-electron chi connectivity index (χ4n) is 4.13. The van der Waals surface area contributed by atoms with Crippen LogP contribution in [-0.2, 0) is 4.79 Å². The van der Waals surface area contributed by atoms with Crippen LogP contribution in [0.15, 0.2) is 53.0 Å². The molecule has 1 fully saturated rings. The highest BCUT2D eigenvalue weighted by atomic mass is 16.2. The number of para-hydroxylation sites is 1. The predicted molar refractivity (Wildman–Crippen MR) is 141 cm³/mol. The first-order valence-electron chi connectivity index (χ1n) is 11.7. The van der Waals surface area contributed by atoms with Gasteiger partial charge >= 0.3 is 0 Å². The number of nitrogens with two attached hydrogens (primary N) is 1. The molecule has 1 aromatic carbocycles. The van der Waals surface area contributed by atoms with Gasteiger partial charge in [-0.05, 0) is 33.0 Å². The van der Waals surface area contributed by atoms with E-state index in [1.54, 1.807) is 26.4 Å². The Labute approximate surface area is 205 Å². The molecule has 2 aromatic heterocycles. The van der Waals surface area contributed by atoms with Gasteiger partial charge in [-0.25, -0.2) is 9.97 Å². The van der Waals surface area contributed by atoms with Crippen molar-refractivity contribution >= 4 is 34.7 Å². The Morgan fingerprint density at radius 1 is 1.23 bits per heavy atom. The molecule has 0 spiro atoms. The second-order valence-electron chi connectivity index (χ2n) is 8.81. The van der Waals surface area contributed by atoms with Crippen molar-refractivity contribution in [2.75, 3.05) is 50.9 Å². The van der Waals surface area contributed by atoms with Gasteiger partial charge < -0.3 is 26.3 Å². The van der Waals surface area contributed by atoms with Crippen molar-refractivity contribution in [3.63, 3.8) is 0 Å². The molecule has 10 heteroatoms. The van der Waals surface area contributed by atoms with Gasteiger partial charge in [0.15, 0.2) is 0 Å². The lowest BCUT2D eigenvalue weighted by molar-refractivity contribution is -0.121. The van der Waals surface area contributed by atoms with Gasteiger partial charge in [0.25, 0.3) is 0 Å². The van der Waals surface area contributed by atoms with Crippen LogP contribution in [0.1, 0.15) is 13.8 Å². The van der Waals surface area contributed by atoms with E-state index in [1.807, 2.05) is 37.4 Å². The second-order valence-corrected chi connectivity index (χ2v) is 8.81. The maximum Gasteiger partial charge on any atom is 0.241 e. The third-order valence-corrected chi connectivity index (χ3v) is 6.30. The van der Waals surface area contributed by atoms with E-state index in [0.29, 0.717) is 17.3 Å². The number of likely N-dealkylation sites (N-methyl/N-ethyl adjacent to an activating group) is 1. The molecule has 1 saturated heterocycles. The summed E-state index contributed by atoms with van der Waals surface area (Å²) in [5.41, 5.74) is 10.4. The van der Waals surface area contributed by atoms with Crippen molar-refractivity contribution in [2.24, 2.45) is 10.7 Å². The molecule has 35 heavy (non-hydrogen) atoms. The number of hydrogen-bond donors (Lipinski definition) is 4. The van der Waals surface area contributed by atoms with Gasteiger partial charge in [-0.2, -0.15) is 0 Å². The summed E-state index contributed by atoms with van der Waals surface area (Å²) in [6.07, 6.45) is 5.23. The molecule has 10 nitrogen and oxygen atoms in total. The first-order chi connectivity index (χ1) is 16.9. The van der Waals surface area contributed by atoms with Gasteiger partial charge in [0.05, 0.1) is 28.6 Å². The number of nitrogens with one attached hydrogen (secondary N) is 3. The highest BCUT2D eigenvalue weighted by Crippen LogP contribution is 2.32. The Bertz CT molecular complexity index is 1250. The topological polar surface area (TPSA) is 128 Å². The lowest BCUT2D eigenvalue weighted by Gasteiger charge is -2.35. The van der Waals surface area contributed by atoms with Gasteiger partial charge in [-0.15, -0.1) is 0 Å². The van der Waals surface area contributed by atoms with Gasteiger partial charge in [0, 0.05) is 68.5 Å². The van der Waals surface area contributed by atoms with Crippen LogP contribution in [-0.4, -0.2) is 83.2 Å². The number of aromatic nitrogens is 3. The molecule has 184 valence electrons. The van der Waals surface area contributed by atoms with Crippen LogP contribution in [0.3, 0.4) is 0 Å². The van der Waals surface area contributed by atoms with E-state index in [1.165, 1.54) is 0 Å². The van der Waals surface area contributed by atoms with E-state index in [4.69, 9.17) is 5.73 Å². The van der Waals surface area contributed by atoms with Crippen LogP contribution in [0.5, 0.6) is 0 Å². The number of H-pyrrole nitrogens is 1. The van der Waals surface area contributed by atoms with Crippen LogP contribution in [0.25, 0.3) is 22.2 Å². The largest absolute Gasteiger partial charge is 0.401 e. The number of nitrogens with zero attached hydrogens (tertiary/aromatic N) is 5. The number of carbonyl (C=O) groups is 1. The highest BCUT2D eigenvalue weighted by Gasteiger charge is 2.25. The number of aliphatic imine (C=N–C) groups is 1. The fourth-order valence-corrected chi connectivity index (χ4v) is 4.13. The zero-order chi connectivity index (χ0) is 24.9. The molecular weight excluding hydrogens is 442 g/mol. The van der Waals surface area contributed by atoms with E-state index in [-0.39, 0.29) is 11.9 Å². The summed E-state index contributed by atoms with van der Waals surface area (Å²) >= 11 is 0. The zero-order valence-corrected chi connectivity index (χ0v) is 20.7. The SMILES string of the molecule is CN=CC(Nc1nccc(-c2c[nH]c3c(NC(=O)C(C)N4CCN(C)CC4)cccc23)n1)=C(C)N. The molecule has 1 unspecified atom stereocenters. The van der Waals surface area contributed by atoms with Crippen LogP contribution in [0.2, 0.25) is 0 Å². The van der Waals surface area contributed by atoms with Crippen LogP contribution in [0.4, 0.5) is 11.6 Å². The molecule has 3 aromatic rings. The van der Waals surface area contributed by atoms with Crippen LogP contribution in [0, 0.1) is 0 Å². The lowest BCUT2D eigenvalue weighted by atomic mass is 10.1. The van der Waals surface area contributed by atoms with E-state index in [2.05, 4.69) is 47.4 Å². The van der Waals surface area contributed by atoms with Gasteiger partial charge in [-0.1, -0.05) is 12.1 Å². The number of rotatable bonds is 7. The summed E-state index contributed by atoms with van der Waals surface area (Å²) in [5.74, 6) is 0.405. The van der Waals surface area contributed by atoms with Crippen LogP contribution >= 0.6 is 0 Å². The molecule has 1 atom stereocenters. The van der Waals surface area contributed by atoms with E-state index in [0.717, 1.165) is 54.0 Å². The fraction of sp³-hybridized carbons (Fsp3) is 0.360. The number of hydrogen-bond acceptors (Lipinski definition) is 8. The number of benzene rings is 1. The molecule has 0 aliphatic carbocycles. The number of amides is 1. The average molecular weight is 476 g/mol. The van der Waals surface area contributed by atoms with Gasteiger partial charge in [0.1, 0.15) is 0 Å². The number of fused-ring (bicyclic) bond motifs is 1. The average Bonchev–Trinajstić information content (AvgIpc) is 3.29. The molecule has 1 amide bonds. The number of carbonyl (C=O) groups excluding carboxylic acids is 1. The Morgan fingerprint density at radius 3 is 2.71 bits per heavy atom. The van der Waals surface area contributed by atoms with E-state index >= 15 is 0 Å². The number of piperazine rings is 1. The first-order valence-corrected chi connectivity index (χ1v) is 11.7. The van der Waals surface area contributed by atoms with Crippen LogP contribution < -0.4 is 16.4 Å². The molecular formula is C25H33N9O. The van der Waals surface area contributed by atoms with E-state index in [9.17, 15) is 4.79 Å². The van der Waals surface area contributed by atoms with E-state index < -0.39 is 0 Å². The number of allylic oxidation sites excluding steroid dienone is 2. The molecule has 0 saturated carbocycles. The normalized spacial score (nSPS) is 16.9. The summed E-state index contributed by atoms with van der Waals surface area (Å²) in [7, 11) is 3.78. The number of aromatic amines is 1. The highest BCUT2D eigenvalue weighted by molar-refractivity contribution is 6.06. The molecule has 0 bridgehead atoms. The third-order valence-electron chi connectivity index (χ3n) is 6.30. The van der Waals surface area contributed by atoms with Crippen molar-refractivity contribution in [3.05, 3.63) is 48.1 Å². The smallest absolute Gasteiger partial charge is 0.241 e. The third kappa shape index (κ3) is 5.50. The molecule has 0 radical (unpaired) electrons. The number of anilines is 2. The maximum atomic E-state index is 13.0. The molecule has 3 heterocycles. The Balaban J connectivity index is 1.56. The molecule has 5 N–H and O–H groups in total. The zero-order valence-electron chi connectivity index (χ0n) is 20.7. The molecule has 4 rings (SSSR count). The quantitative estimate of drug-likeness (QED) is 0.387. The summed E-state index contributed by atoms with van der Waals surface area (Å²) in [4.78, 5) is 33.8. The Kier molecular flexibility index (Phi) is 7.42. The minimum absolute atomic E-state index is 0.0132. The Morgan fingerprint density at radius 2 is 2.00 bits per heavy atom. The van der Waals surface area contributed by atoms with Crippen molar-refractivity contribution in [1.29, 1.82) is 0 Å². The monoisotopic (exact) mass is 475 g/mol. The van der Waals surface area contributed by atoms with Gasteiger partial charge in [0.2, 0.25) is 11.9 Å². The standard InChI is InChI=1S/C25H33N9O/c1-16(26)22(15-27-3)32-25-28-9-8-20(31-25)19-14-29-23-18(19)6-5-7-21(23)30-24(35)17(2)34-12-10-33(4)11-13-34/h5-9,14-15,17,29H,10-13,26H2,1-4H3,(H,30,35)(H,28,31,32). The van der Waals surface area contributed by atoms with Crippen molar-refractivity contribution in [3.8, 4) is 11.3 Å².